The zero-order valence-corrected chi connectivity index (χ0v) is 16.6. The van der Waals surface area contributed by atoms with Crippen molar-refractivity contribution in [2.75, 3.05) is 6.54 Å². The van der Waals surface area contributed by atoms with Crippen molar-refractivity contribution in [1.82, 2.24) is 34.5 Å². The number of carbonyl (C=O) groups excluding carboxylic acids is 1. The number of carbonyl (C=O) groups is 1. The topological polar surface area (TPSA) is 90.4 Å². The molecule has 5 rings (SSSR count). The molecular formula is C19H19N7O2S. The fourth-order valence-corrected chi connectivity index (χ4v) is 4.43. The fourth-order valence-electron chi connectivity index (χ4n) is 3.63. The molecule has 9 nitrogen and oxygen atoms in total. The molecule has 10 heteroatoms. The summed E-state index contributed by atoms with van der Waals surface area (Å²) in [7, 11) is 0. The van der Waals surface area contributed by atoms with Gasteiger partial charge in [0.05, 0.1) is 30.7 Å². The SMILES string of the molecule is C[C@@H]1CC[C@@H](Oc2nccn3nccc23)CN1C(=O)c1ccsc1-n1nccn1. The highest BCUT2D eigenvalue weighted by Crippen LogP contribution is 2.28. The van der Waals surface area contributed by atoms with E-state index in [0.29, 0.717) is 18.0 Å². The first-order valence-electron chi connectivity index (χ1n) is 9.41. The molecule has 1 saturated heterocycles. The Morgan fingerprint density at radius 3 is 2.86 bits per heavy atom. The van der Waals surface area contributed by atoms with Crippen LogP contribution in [0.5, 0.6) is 5.88 Å². The molecule has 5 heterocycles. The normalized spacial score (nSPS) is 19.6. The molecule has 1 aliphatic heterocycles. The molecule has 0 bridgehead atoms. The standard InChI is InChI=1S/C19H19N7O2S/c1-13-2-3-14(28-17-16-4-6-21-25(16)10-9-20-17)12-24(13)18(27)15-5-11-29-19(15)26-22-7-8-23-26/h4-11,13-14H,2-3,12H2,1H3/t13-,14-/m1/s1. The van der Waals surface area contributed by atoms with Crippen molar-refractivity contribution in [2.45, 2.75) is 31.9 Å². The van der Waals surface area contributed by atoms with Gasteiger partial charge in [0.15, 0.2) is 5.00 Å². The predicted octanol–water partition coefficient (Wildman–Crippen LogP) is 2.44. The van der Waals surface area contributed by atoms with E-state index in [1.807, 2.05) is 22.4 Å². The summed E-state index contributed by atoms with van der Waals surface area (Å²) in [6.07, 6.45) is 9.95. The van der Waals surface area contributed by atoms with E-state index in [0.717, 1.165) is 23.4 Å². The summed E-state index contributed by atoms with van der Waals surface area (Å²) in [5.41, 5.74) is 1.42. The lowest BCUT2D eigenvalue weighted by molar-refractivity contribution is 0.0376. The van der Waals surface area contributed by atoms with Crippen molar-refractivity contribution in [3.63, 3.8) is 0 Å². The van der Waals surface area contributed by atoms with Crippen molar-refractivity contribution < 1.29 is 9.53 Å². The monoisotopic (exact) mass is 409 g/mol. The van der Waals surface area contributed by atoms with E-state index in [2.05, 4.69) is 27.2 Å². The summed E-state index contributed by atoms with van der Waals surface area (Å²) in [4.78, 5) is 21.1. The highest BCUT2D eigenvalue weighted by Gasteiger charge is 2.33. The summed E-state index contributed by atoms with van der Waals surface area (Å²) in [6.45, 7) is 2.57. The molecule has 148 valence electrons. The maximum absolute atomic E-state index is 13.3. The van der Waals surface area contributed by atoms with Gasteiger partial charge in [0, 0.05) is 18.4 Å². The Labute approximate surface area is 170 Å². The molecule has 0 radical (unpaired) electrons. The van der Waals surface area contributed by atoms with Crippen LogP contribution in [0.1, 0.15) is 30.1 Å². The molecule has 4 aromatic heterocycles. The molecule has 0 saturated carbocycles. The van der Waals surface area contributed by atoms with Crippen LogP contribution >= 0.6 is 11.3 Å². The molecule has 0 spiro atoms. The van der Waals surface area contributed by atoms with Crippen LogP contribution in [-0.2, 0) is 0 Å². The van der Waals surface area contributed by atoms with Crippen molar-refractivity contribution in [1.29, 1.82) is 0 Å². The van der Waals surface area contributed by atoms with Gasteiger partial charge in [-0.25, -0.2) is 9.50 Å². The summed E-state index contributed by atoms with van der Waals surface area (Å²) in [5.74, 6) is 0.504. The van der Waals surface area contributed by atoms with E-state index in [-0.39, 0.29) is 18.1 Å². The summed E-state index contributed by atoms with van der Waals surface area (Å²) in [6, 6.07) is 3.82. The maximum atomic E-state index is 13.3. The molecule has 0 N–H and O–H groups in total. The van der Waals surface area contributed by atoms with Crippen LogP contribution in [0.3, 0.4) is 0 Å². The highest BCUT2D eigenvalue weighted by molar-refractivity contribution is 7.12. The van der Waals surface area contributed by atoms with E-state index >= 15 is 0 Å². The van der Waals surface area contributed by atoms with E-state index in [1.54, 1.807) is 35.5 Å². The third kappa shape index (κ3) is 3.25. The Morgan fingerprint density at radius 1 is 1.14 bits per heavy atom. The predicted molar refractivity (Wildman–Crippen MR) is 106 cm³/mol. The quantitative estimate of drug-likeness (QED) is 0.514. The maximum Gasteiger partial charge on any atom is 0.257 e. The first-order chi connectivity index (χ1) is 14.2. The Morgan fingerprint density at radius 2 is 2.00 bits per heavy atom. The third-order valence-corrected chi connectivity index (χ3v) is 6.02. The van der Waals surface area contributed by atoms with Gasteiger partial charge < -0.3 is 9.64 Å². The van der Waals surface area contributed by atoms with Gasteiger partial charge in [-0.1, -0.05) is 0 Å². The van der Waals surface area contributed by atoms with Gasteiger partial charge in [-0.15, -0.1) is 16.1 Å². The molecule has 29 heavy (non-hydrogen) atoms. The van der Waals surface area contributed by atoms with Gasteiger partial charge in [0.1, 0.15) is 11.6 Å². The average molecular weight is 409 g/mol. The average Bonchev–Trinajstić information content (AvgIpc) is 3.49. The van der Waals surface area contributed by atoms with E-state index < -0.39 is 0 Å². The molecule has 1 fully saturated rings. The second-order valence-corrected chi connectivity index (χ2v) is 7.87. The Kier molecular flexibility index (Phi) is 4.47. The number of thiophene rings is 1. The van der Waals surface area contributed by atoms with Crippen LogP contribution < -0.4 is 4.74 Å². The first kappa shape index (κ1) is 17.8. The lowest BCUT2D eigenvalue weighted by Gasteiger charge is -2.37. The molecule has 0 aromatic carbocycles. The smallest absolute Gasteiger partial charge is 0.257 e. The van der Waals surface area contributed by atoms with Gasteiger partial charge in [-0.05, 0) is 37.3 Å². The Hall–Kier alpha value is -3.27. The number of piperidine rings is 1. The molecular weight excluding hydrogens is 390 g/mol. The Balaban J connectivity index is 1.37. The number of rotatable bonds is 4. The molecule has 1 amide bonds. The van der Waals surface area contributed by atoms with Crippen LogP contribution in [0.2, 0.25) is 0 Å². The minimum atomic E-state index is -0.131. The van der Waals surface area contributed by atoms with Crippen LogP contribution in [0, 0.1) is 0 Å². The third-order valence-electron chi connectivity index (χ3n) is 5.14. The molecule has 0 aliphatic carbocycles. The number of ether oxygens (including phenoxy) is 1. The molecule has 4 aromatic rings. The lowest BCUT2D eigenvalue weighted by Crippen LogP contribution is -2.49. The van der Waals surface area contributed by atoms with Gasteiger partial charge in [-0.3, -0.25) is 4.79 Å². The van der Waals surface area contributed by atoms with E-state index in [1.165, 1.54) is 16.1 Å². The summed E-state index contributed by atoms with van der Waals surface area (Å²) in [5, 5.41) is 15.2. The van der Waals surface area contributed by atoms with Gasteiger partial charge in [0.25, 0.3) is 5.91 Å². The molecule has 0 unspecified atom stereocenters. The minimum Gasteiger partial charge on any atom is -0.471 e. The number of amides is 1. The van der Waals surface area contributed by atoms with Crippen molar-refractivity contribution in [2.24, 2.45) is 0 Å². The first-order valence-corrected chi connectivity index (χ1v) is 10.3. The minimum absolute atomic E-state index is 0.0325. The van der Waals surface area contributed by atoms with Crippen molar-refractivity contribution in [3.8, 4) is 10.9 Å². The second kappa shape index (κ2) is 7.28. The summed E-state index contributed by atoms with van der Waals surface area (Å²) >= 11 is 1.45. The van der Waals surface area contributed by atoms with Crippen LogP contribution in [0.4, 0.5) is 0 Å². The van der Waals surface area contributed by atoms with Gasteiger partial charge in [0.2, 0.25) is 5.88 Å². The van der Waals surface area contributed by atoms with E-state index in [9.17, 15) is 4.79 Å². The zero-order valence-electron chi connectivity index (χ0n) is 15.8. The molecule has 2 atom stereocenters. The van der Waals surface area contributed by atoms with Crippen molar-refractivity contribution in [3.05, 3.63) is 54.1 Å². The number of hydrogen-bond acceptors (Lipinski definition) is 7. The Bertz CT molecular complexity index is 1140. The van der Waals surface area contributed by atoms with Gasteiger partial charge in [-0.2, -0.15) is 15.3 Å². The number of fused-ring (bicyclic) bond motifs is 1. The number of likely N-dealkylation sites (tertiary alicyclic amines) is 1. The van der Waals surface area contributed by atoms with Crippen molar-refractivity contribution >= 4 is 22.8 Å². The van der Waals surface area contributed by atoms with E-state index in [4.69, 9.17) is 4.74 Å². The summed E-state index contributed by atoms with van der Waals surface area (Å²) < 4.78 is 7.91. The number of nitrogens with zero attached hydrogens (tertiary/aromatic N) is 7. The van der Waals surface area contributed by atoms with Crippen LogP contribution in [0.15, 0.2) is 48.5 Å². The van der Waals surface area contributed by atoms with Crippen LogP contribution in [0.25, 0.3) is 10.5 Å². The fraction of sp³-hybridized carbons (Fsp3) is 0.316. The number of aromatic nitrogens is 6. The van der Waals surface area contributed by atoms with Crippen LogP contribution in [-0.4, -0.2) is 59.1 Å². The van der Waals surface area contributed by atoms with Gasteiger partial charge >= 0.3 is 0 Å². The zero-order chi connectivity index (χ0) is 19.8. The molecule has 1 aliphatic rings. The second-order valence-electron chi connectivity index (χ2n) is 6.98. The number of hydrogen-bond donors (Lipinski definition) is 0. The highest BCUT2D eigenvalue weighted by atomic mass is 32.1. The largest absolute Gasteiger partial charge is 0.471 e. The lowest BCUT2D eigenvalue weighted by atomic mass is 10.0.